The van der Waals surface area contributed by atoms with Crippen LogP contribution in [0.15, 0.2) is 12.1 Å². The molecule has 4 rings (SSSR count). The van der Waals surface area contributed by atoms with Crippen LogP contribution in [0.4, 0.5) is 0 Å². The Morgan fingerprint density at radius 1 is 1.04 bits per heavy atom. The molecule has 2 atom stereocenters. The van der Waals surface area contributed by atoms with Gasteiger partial charge in [-0.2, -0.15) is 0 Å². The summed E-state index contributed by atoms with van der Waals surface area (Å²) in [4.78, 5) is 30.3. The van der Waals surface area contributed by atoms with Crippen LogP contribution in [-0.4, -0.2) is 53.7 Å². The van der Waals surface area contributed by atoms with Crippen LogP contribution in [0.25, 0.3) is 0 Å². The number of amides is 1. The molecule has 2 fully saturated rings. The Hall–Kier alpha value is -0.810. The highest BCUT2D eigenvalue weighted by molar-refractivity contribution is 6.42. The van der Waals surface area contributed by atoms with Crippen LogP contribution in [0.1, 0.15) is 60.4 Å². The Bertz CT molecular complexity index is 734. The average molecular weight is 432 g/mol. The summed E-state index contributed by atoms with van der Waals surface area (Å²) in [6.45, 7) is 4.02. The molecular weight excluding hydrogens is 407 g/mol. The summed E-state index contributed by atoms with van der Waals surface area (Å²) in [6.07, 6.45) is 6.00. The fraction of sp³-hybridized carbons (Fsp3) is 0.600. The molecule has 27 heavy (non-hydrogen) atoms. The van der Waals surface area contributed by atoms with E-state index in [1.54, 1.807) is 12.1 Å². The lowest BCUT2D eigenvalue weighted by atomic mass is 9.95. The van der Waals surface area contributed by atoms with Gasteiger partial charge in [0.15, 0.2) is 5.78 Å². The van der Waals surface area contributed by atoms with Crippen molar-refractivity contribution in [1.29, 1.82) is 0 Å². The van der Waals surface area contributed by atoms with Gasteiger partial charge in [0.05, 0.1) is 16.0 Å². The lowest BCUT2D eigenvalue weighted by Crippen LogP contribution is -2.50. The molecule has 2 saturated heterocycles. The average Bonchev–Trinajstić information content (AvgIpc) is 3.24. The first kappa shape index (κ1) is 20.9. The molecule has 0 aromatic heterocycles. The summed E-state index contributed by atoms with van der Waals surface area (Å²) in [5.74, 6) is -0.337. The van der Waals surface area contributed by atoms with E-state index in [2.05, 4.69) is 4.90 Å². The molecule has 0 saturated carbocycles. The number of likely N-dealkylation sites (tertiary alicyclic amines) is 2. The maximum absolute atomic E-state index is 13.4. The van der Waals surface area contributed by atoms with Gasteiger partial charge in [0.2, 0.25) is 5.91 Å². The lowest BCUT2D eigenvalue weighted by Gasteiger charge is -2.39. The van der Waals surface area contributed by atoms with Gasteiger partial charge >= 0.3 is 0 Å². The number of fused-ring (bicyclic) bond motifs is 1. The lowest BCUT2D eigenvalue weighted by molar-refractivity contribution is -0.136. The van der Waals surface area contributed by atoms with E-state index in [1.165, 1.54) is 19.3 Å². The van der Waals surface area contributed by atoms with Crippen LogP contribution in [-0.2, 0) is 4.79 Å². The number of hydrogen-bond acceptors (Lipinski definition) is 3. The molecule has 1 aliphatic carbocycles. The number of carbonyl (C=O) groups excluding carboxylic acids is 2. The van der Waals surface area contributed by atoms with E-state index in [0.717, 1.165) is 44.6 Å². The smallest absolute Gasteiger partial charge is 0.230 e. The highest BCUT2D eigenvalue weighted by atomic mass is 35.5. The Morgan fingerprint density at radius 3 is 2.44 bits per heavy atom. The molecule has 148 valence electrons. The van der Waals surface area contributed by atoms with E-state index in [4.69, 9.17) is 23.2 Å². The van der Waals surface area contributed by atoms with Crippen molar-refractivity contribution in [3.05, 3.63) is 33.3 Å². The van der Waals surface area contributed by atoms with Crippen LogP contribution < -0.4 is 0 Å². The molecule has 4 nitrogen and oxygen atoms in total. The van der Waals surface area contributed by atoms with E-state index in [9.17, 15) is 9.59 Å². The minimum atomic E-state index is -0.411. The van der Waals surface area contributed by atoms with Crippen molar-refractivity contribution in [2.75, 3.05) is 26.2 Å². The summed E-state index contributed by atoms with van der Waals surface area (Å²) >= 11 is 12.2. The molecular formula is C20H25Cl3N2O2. The second-order valence-electron chi connectivity index (χ2n) is 7.72. The molecule has 7 heteroatoms. The van der Waals surface area contributed by atoms with Gasteiger partial charge in [-0.05, 0) is 62.9 Å². The van der Waals surface area contributed by atoms with Crippen molar-refractivity contribution in [2.45, 2.75) is 50.5 Å². The zero-order valence-corrected chi connectivity index (χ0v) is 17.6. The summed E-state index contributed by atoms with van der Waals surface area (Å²) in [5.41, 5.74) is 1.31. The summed E-state index contributed by atoms with van der Waals surface area (Å²) < 4.78 is 0. The Labute approximate surface area is 176 Å². The SMILES string of the molecule is Cl.O=C1C[C@H](C(=O)N2CCCC[C@H]2CN2CCCC2)c2cc(Cl)c(Cl)cc21. The largest absolute Gasteiger partial charge is 0.338 e. The minimum absolute atomic E-state index is 0. The molecule has 0 N–H and O–H groups in total. The molecule has 0 radical (unpaired) electrons. The highest BCUT2D eigenvalue weighted by Gasteiger charge is 2.40. The van der Waals surface area contributed by atoms with E-state index in [1.807, 2.05) is 4.90 Å². The number of rotatable bonds is 3. The number of nitrogens with zero attached hydrogens (tertiary/aromatic N) is 2. The van der Waals surface area contributed by atoms with E-state index >= 15 is 0 Å². The molecule has 1 aromatic rings. The van der Waals surface area contributed by atoms with Crippen LogP contribution in [0.5, 0.6) is 0 Å². The fourth-order valence-corrected chi connectivity index (χ4v) is 5.00. The van der Waals surface area contributed by atoms with Crippen molar-refractivity contribution in [3.63, 3.8) is 0 Å². The van der Waals surface area contributed by atoms with Crippen LogP contribution in [0, 0.1) is 0 Å². The normalized spacial score (nSPS) is 25.4. The van der Waals surface area contributed by atoms with Crippen molar-refractivity contribution < 1.29 is 9.59 Å². The predicted molar refractivity (Wildman–Crippen MR) is 110 cm³/mol. The molecule has 0 bridgehead atoms. The van der Waals surface area contributed by atoms with Gasteiger partial charge in [0.25, 0.3) is 0 Å². The first-order chi connectivity index (χ1) is 12.5. The maximum atomic E-state index is 13.4. The Morgan fingerprint density at radius 2 is 1.70 bits per heavy atom. The number of benzene rings is 1. The van der Waals surface area contributed by atoms with E-state index < -0.39 is 5.92 Å². The second-order valence-corrected chi connectivity index (χ2v) is 8.54. The van der Waals surface area contributed by atoms with Gasteiger partial charge in [-0.25, -0.2) is 0 Å². The van der Waals surface area contributed by atoms with Crippen molar-refractivity contribution in [3.8, 4) is 0 Å². The zero-order chi connectivity index (χ0) is 18.3. The number of Topliss-reactive ketones (excluding diaryl/α,β-unsaturated/α-hetero) is 1. The molecule has 1 aromatic carbocycles. The Kier molecular flexibility index (Phi) is 6.73. The van der Waals surface area contributed by atoms with Crippen LogP contribution in [0.3, 0.4) is 0 Å². The monoisotopic (exact) mass is 430 g/mol. The van der Waals surface area contributed by atoms with Crippen molar-refractivity contribution in [1.82, 2.24) is 9.80 Å². The molecule has 2 aliphatic heterocycles. The minimum Gasteiger partial charge on any atom is -0.338 e. The summed E-state index contributed by atoms with van der Waals surface area (Å²) in [5, 5.41) is 0.780. The fourth-order valence-electron chi connectivity index (χ4n) is 4.66. The van der Waals surface area contributed by atoms with Gasteiger partial charge in [0, 0.05) is 31.1 Å². The van der Waals surface area contributed by atoms with Crippen molar-refractivity contribution in [2.24, 2.45) is 0 Å². The molecule has 0 spiro atoms. The number of hydrogen-bond donors (Lipinski definition) is 0. The topological polar surface area (TPSA) is 40.6 Å². The summed E-state index contributed by atoms with van der Waals surface area (Å²) in [6, 6.07) is 3.59. The van der Waals surface area contributed by atoms with Gasteiger partial charge in [-0.1, -0.05) is 23.2 Å². The third kappa shape index (κ3) is 4.14. The molecule has 3 aliphatic rings. The molecule has 1 amide bonds. The van der Waals surface area contributed by atoms with Gasteiger partial charge in [0.1, 0.15) is 0 Å². The van der Waals surface area contributed by atoms with Gasteiger partial charge in [-0.3, -0.25) is 9.59 Å². The van der Waals surface area contributed by atoms with Crippen LogP contribution >= 0.6 is 35.6 Å². The second kappa shape index (κ2) is 8.69. The highest BCUT2D eigenvalue weighted by Crippen LogP contribution is 2.39. The van der Waals surface area contributed by atoms with Gasteiger partial charge < -0.3 is 9.80 Å². The maximum Gasteiger partial charge on any atom is 0.230 e. The van der Waals surface area contributed by atoms with Crippen LogP contribution in [0.2, 0.25) is 10.0 Å². The Balaban J connectivity index is 0.00000210. The number of piperidine rings is 1. The predicted octanol–water partition coefficient (Wildman–Crippen LogP) is 4.56. The first-order valence-corrected chi connectivity index (χ1v) is 10.3. The number of ketones is 1. The van der Waals surface area contributed by atoms with Gasteiger partial charge in [-0.15, -0.1) is 12.4 Å². The van der Waals surface area contributed by atoms with Crippen molar-refractivity contribution >= 4 is 47.3 Å². The molecule has 2 heterocycles. The first-order valence-electron chi connectivity index (χ1n) is 9.59. The number of carbonyl (C=O) groups is 2. The van der Waals surface area contributed by atoms with E-state index in [-0.39, 0.29) is 36.6 Å². The quantitative estimate of drug-likeness (QED) is 0.704. The third-order valence-electron chi connectivity index (χ3n) is 6.03. The molecule has 0 unspecified atom stereocenters. The third-order valence-corrected chi connectivity index (χ3v) is 6.76. The van der Waals surface area contributed by atoms with E-state index in [0.29, 0.717) is 15.6 Å². The zero-order valence-electron chi connectivity index (χ0n) is 15.3. The summed E-state index contributed by atoms with van der Waals surface area (Å²) in [7, 11) is 0. The standard InChI is InChI=1S/C20H24Cl2N2O2.ClH/c21-17-9-14-15(10-18(17)22)19(25)11-16(14)20(26)24-8-2-1-5-13(24)12-23-6-3-4-7-23;/h9-10,13,16H,1-8,11-12H2;1H/t13-,16-;/m0./s1. The number of halogens is 3.